The van der Waals surface area contributed by atoms with Crippen molar-refractivity contribution in [2.75, 3.05) is 5.32 Å². The number of carbonyl (C=O) groups is 1. The molecule has 0 fully saturated rings. The molecule has 6 rings (SSSR count). The Bertz CT molecular complexity index is 1970. The molecule has 0 saturated heterocycles. The lowest BCUT2D eigenvalue weighted by Gasteiger charge is -2.13. The van der Waals surface area contributed by atoms with E-state index in [9.17, 15) is 22.7 Å². The van der Waals surface area contributed by atoms with E-state index in [1.807, 2.05) is 12.1 Å². The molecule has 0 saturated carbocycles. The van der Waals surface area contributed by atoms with Crippen LogP contribution in [-0.4, -0.2) is 30.1 Å². The third-order valence-corrected chi connectivity index (χ3v) is 8.09. The predicted molar refractivity (Wildman–Crippen MR) is 152 cm³/mol. The summed E-state index contributed by atoms with van der Waals surface area (Å²) in [5.74, 6) is -0.783. The van der Waals surface area contributed by atoms with Crippen LogP contribution in [0, 0.1) is 5.82 Å². The lowest BCUT2D eigenvalue weighted by molar-refractivity contribution is -0.114. The van der Waals surface area contributed by atoms with Crippen molar-refractivity contribution in [3.8, 4) is 16.9 Å². The lowest BCUT2D eigenvalue weighted by Crippen LogP contribution is -2.08. The van der Waals surface area contributed by atoms with Crippen molar-refractivity contribution < 1.29 is 22.7 Å². The molecular weight excluding hydrogens is 529 g/mol. The molecule has 0 bridgehead atoms. The smallest absolute Gasteiger partial charge is 0.284 e. The Morgan fingerprint density at radius 3 is 2.35 bits per heavy atom. The Balaban J connectivity index is 1.52. The standard InChI is InChI=1S/C31H22FN3O4S/c1-18(36)33-22-7-4-6-20(17-22)23-10-5-11-26-28(35-40(38,39)31(23)26)29-30(37)25-9-3-2-8-24(25)27(34-29)16-19-12-14-21(32)15-13-19/h2-15,17,37H,16H2,1H3,(H,33,36). The van der Waals surface area contributed by atoms with Crippen LogP contribution in [0.5, 0.6) is 5.75 Å². The fraction of sp³-hybridized carbons (Fsp3) is 0.0645. The first-order valence-electron chi connectivity index (χ1n) is 12.4. The normalized spacial score (nSPS) is 13.6. The van der Waals surface area contributed by atoms with E-state index in [1.54, 1.807) is 66.7 Å². The van der Waals surface area contributed by atoms with Crippen molar-refractivity contribution in [1.82, 2.24) is 4.98 Å². The van der Waals surface area contributed by atoms with E-state index in [4.69, 9.17) is 4.98 Å². The summed E-state index contributed by atoms with van der Waals surface area (Å²) >= 11 is 0. The highest BCUT2D eigenvalue weighted by Crippen LogP contribution is 2.40. The lowest BCUT2D eigenvalue weighted by atomic mass is 9.96. The molecule has 1 aliphatic rings. The van der Waals surface area contributed by atoms with Gasteiger partial charge in [-0.1, -0.05) is 66.7 Å². The van der Waals surface area contributed by atoms with Crippen molar-refractivity contribution >= 4 is 38.1 Å². The maximum Gasteiger partial charge on any atom is 0.284 e. The second kappa shape index (κ2) is 9.69. The van der Waals surface area contributed by atoms with Crippen LogP contribution in [0.4, 0.5) is 10.1 Å². The summed E-state index contributed by atoms with van der Waals surface area (Å²) in [5, 5.41) is 15.2. The van der Waals surface area contributed by atoms with Gasteiger partial charge in [0.2, 0.25) is 5.91 Å². The van der Waals surface area contributed by atoms with Crippen LogP contribution in [0.1, 0.15) is 29.4 Å². The summed E-state index contributed by atoms with van der Waals surface area (Å²) in [7, 11) is -4.16. The van der Waals surface area contributed by atoms with Gasteiger partial charge in [-0.3, -0.25) is 4.79 Å². The minimum absolute atomic E-state index is 0.000539. The number of benzene rings is 4. The van der Waals surface area contributed by atoms with Gasteiger partial charge in [0.15, 0.2) is 5.75 Å². The molecule has 5 aromatic rings. The third kappa shape index (κ3) is 4.50. The van der Waals surface area contributed by atoms with E-state index in [0.717, 1.165) is 5.56 Å². The number of carbonyl (C=O) groups excluding carboxylic acids is 1. The van der Waals surface area contributed by atoms with Gasteiger partial charge in [0.1, 0.15) is 22.1 Å². The number of sulfonamides is 1. The van der Waals surface area contributed by atoms with Crippen molar-refractivity contribution in [2.45, 2.75) is 18.2 Å². The number of aromatic nitrogens is 1. The number of anilines is 1. The maximum absolute atomic E-state index is 13.5. The van der Waals surface area contributed by atoms with Crippen molar-refractivity contribution in [3.63, 3.8) is 0 Å². The summed E-state index contributed by atoms with van der Waals surface area (Å²) in [5.41, 5.74) is 3.31. The molecular formula is C31H22FN3O4S. The van der Waals surface area contributed by atoms with Crippen LogP contribution in [-0.2, 0) is 21.2 Å². The monoisotopic (exact) mass is 551 g/mol. The molecule has 0 atom stereocenters. The van der Waals surface area contributed by atoms with E-state index in [-0.39, 0.29) is 33.8 Å². The Hall–Kier alpha value is -4.89. The van der Waals surface area contributed by atoms with E-state index in [1.165, 1.54) is 19.1 Å². The van der Waals surface area contributed by atoms with E-state index in [2.05, 4.69) is 9.71 Å². The summed E-state index contributed by atoms with van der Waals surface area (Å²) in [6, 6.07) is 25.1. The average molecular weight is 552 g/mol. The number of nitrogens with one attached hydrogen (secondary N) is 1. The van der Waals surface area contributed by atoms with Gasteiger partial charge < -0.3 is 10.4 Å². The summed E-state index contributed by atoms with van der Waals surface area (Å²) < 4.78 is 44.5. The van der Waals surface area contributed by atoms with Gasteiger partial charge in [-0.05, 0) is 35.4 Å². The van der Waals surface area contributed by atoms with Gasteiger partial charge in [-0.25, -0.2) is 9.37 Å². The SMILES string of the molecule is CC(=O)Nc1cccc(-c2cccc3c2S(=O)(=O)N=C3c2nc(Cc3ccc(F)cc3)c3ccccc3c2O)c1. The fourth-order valence-electron chi connectivity index (χ4n) is 4.99. The third-order valence-electron chi connectivity index (χ3n) is 6.71. The van der Waals surface area contributed by atoms with Gasteiger partial charge in [0.05, 0.1) is 5.69 Å². The molecule has 0 unspecified atom stereocenters. The molecule has 0 aliphatic carbocycles. The molecule has 198 valence electrons. The Morgan fingerprint density at radius 1 is 0.900 bits per heavy atom. The maximum atomic E-state index is 13.5. The van der Waals surface area contributed by atoms with Gasteiger partial charge in [-0.15, -0.1) is 0 Å². The number of fused-ring (bicyclic) bond motifs is 2. The molecule has 4 aromatic carbocycles. The minimum atomic E-state index is -4.16. The molecule has 1 aromatic heterocycles. The number of nitrogens with zero attached hydrogens (tertiary/aromatic N) is 2. The van der Waals surface area contributed by atoms with E-state index >= 15 is 0 Å². The van der Waals surface area contributed by atoms with E-state index in [0.29, 0.717) is 45.3 Å². The van der Waals surface area contributed by atoms with Crippen LogP contribution in [0.25, 0.3) is 21.9 Å². The van der Waals surface area contributed by atoms with E-state index < -0.39 is 10.0 Å². The Morgan fingerprint density at radius 2 is 1.60 bits per heavy atom. The van der Waals surface area contributed by atoms with Crippen LogP contribution < -0.4 is 5.32 Å². The quantitative estimate of drug-likeness (QED) is 0.286. The second-order valence-electron chi connectivity index (χ2n) is 9.46. The zero-order valence-corrected chi connectivity index (χ0v) is 22.0. The Kier molecular flexibility index (Phi) is 6.15. The number of rotatable bonds is 5. The highest BCUT2D eigenvalue weighted by Gasteiger charge is 2.35. The molecule has 0 spiro atoms. The van der Waals surface area contributed by atoms with Gasteiger partial charge in [-0.2, -0.15) is 12.8 Å². The summed E-state index contributed by atoms with van der Waals surface area (Å²) in [4.78, 5) is 16.3. The second-order valence-corrected chi connectivity index (χ2v) is 11.0. The van der Waals surface area contributed by atoms with Crippen LogP contribution in [0.15, 0.2) is 100 Å². The minimum Gasteiger partial charge on any atom is -0.505 e. The fourth-order valence-corrected chi connectivity index (χ4v) is 6.42. The first kappa shape index (κ1) is 25.4. The zero-order valence-electron chi connectivity index (χ0n) is 21.2. The summed E-state index contributed by atoms with van der Waals surface area (Å²) in [6.45, 7) is 1.39. The average Bonchev–Trinajstić information content (AvgIpc) is 3.22. The molecule has 40 heavy (non-hydrogen) atoms. The number of halogens is 1. The predicted octanol–water partition coefficient (Wildman–Crippen LogP) is 5.84. The molecule has 1 aliphatic heterocycles. The molecule has 1 amide bonds. The molecule has 7 nitrogen and oxygen atoms in total. The van der Waals surface area contributed by atoms with Crippen molar-refractivity contribution in [2.24, 2.45) is 4.40 Å². The van der Waals surface area contributed by atoms with Gasteiger partial charge in [0, 0.05) is 40.9 Å². The first-order valence-corrected chi connectivity index (χ1v) is 13.9. The number of aromatic hydroxyl groups is 1. The molecule has 2 N–H and O–H groups in total. The van der Waals surface area contributed by atoms with Crippen molar-refractivity contribution in [1.29, 1.82) is 0 Å². The van der Waals surface area contributed by atoms with Crippen LogP contribution in [0.3, 0.4) is 0 Å². The Labute approximate surface area is 229 Å². The van der Waals surface area contributed by atoms with Gasteiger partial charge >= 0.3 is 0 Å². The number of amides is 1. The van der Waals surface area contributed by atoms with Crippen molar-refractivity contribution in [3.05, 3.63) is 119 Å². The summed E-state index contributed by atoms with van der Waals surface area (Å²) in [6.07, 6.45) is 0.330. The zero-order chi connectivity index (χ0) is 28.0. The highest BCUT2D eigenvalue weighted by molar-refractivity contribution is 7.91. The molecule has 0 radical (unpaired) electrons. The van der Waals surface area contributed by atoms with Crippen LogP contribution >= 0.6 is 0 Å². The molecule has 9 heteroatoms. The largest absolute Gasteiger partial charge is 0.505 e. The first-order chi connectivity index (χ1) is 19.2. The number of hydrogen-bond donors (Lipinski definition) is 2. The van der Waals surface area contributed by atoms with Gasteiger partial charge in [0.25, 0.3) is 10.0 Å². The molecule has 2 heterocycles. The number of hydrogen-bond acceptors (Lipinski definition) is 5. The topological polar surface area (TPSA) is 109 Å². The van der Waals surface area contributed by atoms with Crippen LogP contribution in [0.2, 0.25) is 0 Å². The highest BCUT2D eigenvalue weighted by atomic mass is 32.2. The number of pyridine rings is 1.